The predicted molar refractivity (Wildman–Crippen MR) is 85.8 cm³/mol. The van der Waals surface area contributed by atoms with Crippen molar-refractivity contribution in [2.24, 2.45) is 0 Å². The zero-order chi connectivity index (χ0) is 17.1. The number of imide groups is 1. The lowest BCUT2D eigenvalue weighted by Gasteiger charge is -2.20. The minimum absolute atomic E-state index is 0.133. The van der Waals surface area contributed by atoms with Crippen LogP contribution in [0.25, 0.3) is 0 Å². The zero-order valence-corrected chi connectivity index (χ0v) is 13.1. The Hall–Kier alpha value is -2.99. The second-order valence-electron chi connectivity index (χ2n) is 5.44. The summed E-state index contributed by atoms with van der Waals surface area (Å²) in [5.41, 5.74) is 4.12. The first-order valence-corrected chi connectivity index (χ1v) is 7.52. The van der Waals surface area contributed by atoms with E-state index >= 15 is 0 Å². The highest BCUT2D eigenvalue weighted by Gasteiger charge is 2.37. The van der Waals surface area contributed by atoms with Gasteiger partial charge in [-0.15, -0.1) is 0 Å². The number of rotatable bonds is 5. The summed E-state index contributed by atoms with van der Waals surface area (Å²) < 4.78 is 5.20. The molecule has 0 aliphatic carbocycles. The molecule has 3 rings (SSSR count). The predicted octanol–water partition coefficient (Wildman–Crippen LogP) is 1.92. The fourth-order valence-corrected chi connectivity index (χ4v) is 2.41. The minimum Gasteiger partial charge on any atom is -0.460 e. The first kappa shape index (κ1) is 15.9. The Morgan fingerprint density at radius 3 is 2.12 bits per heavy atom. The van der Waals surface area contributed by atoms with Crippen LogP contribution in [0.1, 0.15) is 33.2 Å². The van der Waals surface area contributed by atoms with Crippen LogP contribution in [-0.2, 0) is 16.1 Å². The normalized spacial score (nSPS) is 14.5. The summed E-state index contributed by atoms with van der Waals surface area (Å²) >= 11 is 0. The van der Waals surface area contributed by atoms with Crippen molar-refractivity contribution in [3.05, 3.63) is 71.3 Å². The highest BCUT2D eigenvalue weighted by Crippen LogP contribution is 2.21. The smallest absolute Gasteiger partial charge is 0.325 e. The van der Waals surface area contributed by atoms with E-state index in [1.165, 1.54) is 6.92 Å². The van der Waals surface area contributed by atoms with Crippen molar-refractivity contribution >= 4 is 17.8 Å². The Kier molecular flexibility index (Phi) is 4.39. The van der Waals surface area contributed by atoms with Gasteiger partial charge in [0.25, 0.3) is 11.8 Å². The van der Waals surface area contributed by atoms with Gasteiger partial charge in [-0.05, 0) is 24.6 Å². The van der Waals surface area contributed by atoms with Gasteiger partial charge in [0.2, 0.25) is 0 Å². The van der Waals surface area contributed by atoms with Gasteiger partial charge >= 0.3 is 5.97 Å². The van der Waals surface area contributed by atoms with E-state index in [4.69, 9.17) is 4.74 Å². The topological polar surface area (TPSA) is 75.7 Å². The molecule has 1 aliphatic heterocycles. The van der Waals surface area contributed by atoms with Gasteiger partial charge in [-0.1, -0.05) is 42.5 Å². The van der Waals surface area contributed by atoms with Crippen LogP contribution in [0, 0.1) is 0 Å². The first-order chi connectivity index (χ1) is 11.6. The number of hydrazine groups is 1. The number of carbonyl (C=O) groups is 3. The van der Waals surface area contributed by atoms with E-state index in [0.29, 0.717) is 11.1 Å². The van der Waals surface area contributed by atoms with Crippen molar-refractivity contribution in [3.63, 3.8) is 0 Å². The van der Waals surface area contributed by atoms with Gasteiger partial charge in [-0.2, -0.15) is 0 Å². The van der Waals surface area contributed by atoms with E-state index in [2.05, 4.69) is 5.43 Å². The van der Waals surface area contributed by atoms with Crippen molar-refractivity contribution in [2.45, 2.75) is 19.6 Å². The monoisotopic (exact) mass is 324 g/mol. The molecule has 6 heteroatoms. The number of nitrogens with one attached hydrogen (secondary N) is 1. The van der Waals surface area contributed by atoms with E-state index in [-0.39, 0.29) is 6.61 Å². The maximum Gasteiger partial charge on any atom is 0.325 e. The van der Waals surface area contributed by atoms with Crippen LogP contribution in [-0.4, -0.2) is 28.8 Å². The van der Waals surface area contributed by atoms with Crippen LogP contribution in [0.15, 0.2) is 54.6 Å². The Morgan fingerprint density at radius 2 is 1.54 bits per heavy atom. The van der Waals surface area contributed by atoms with Crippen LogP contribution < -0.4 is 5.43 Å². The molecule has 0 spiro atoms. The molecule has 0 aromatic heterocycles. The highest BCUT2D eigenvalue weighted by molar-refractivity contribution is 6.21. The summed E-state index contributed by atoms with van der Waals surface area (Å²) in [4.78, 5) is 36.5. The molecule has 0 bridgehead atoms. The van der Waals surface area contributed by atoms with Crippen molar-refractivity contribution in [1.29, 1.82) is 0 Å². The Labute approximate surface area is 139 Å². The highest BCUT2D eigenvalue weighted by atomic mass is 16.5. The molecule has 0 saturated heterocycles. The molecular formula is C18H16N2O4. The molecule has 0 fully saturated rings. The molecule has 6 nitrogen and oxygen atoms in total. The summed E-state index contributed by atoms with van der Waals surface area (Å²) in [5.74, 6) is -1.49. The average Bonchev–Trinajstić information content (AvgIpc) is 2.86. The summed E-state index contributed by atoms with van der Waals surface area (Å²) in [7, 11) is 0. The Balaban J connectivity index is 1.61. The maximum atomic E-state index is 12.2. The minimum atomic E-state index is -0.837. The van der Waals surface area contributed by atoms with Crippen molar-refractivity contribution in [1.82, 2.24) is 10.4 Å². The molecule has 1 heterocycles. The van der Waals surface area contributed by atoms with Gasteiger partial charge in [-0.3, -0.25) is 14.4 Å². The molecule has 0 saturated carbocycles. The molecule has 2 aromatic rings. The lowest BCUT2D eigenvalue weighted by atomic mass is 10.1. The summed E-state index contributed by atoms with van der Waals surface area (Å²) in [6.07, 6.45) is 0. The number of ether oxygens (including phenoxy) is 1. The van der Waals surface area contributed by atoms with Gasteiger partial charge in [0, 0.05) is 0 Å². The third kappa shape index (κ3) is 3.04. The second kappa shape index (κ2) is 6.64. The fraction of sp³-hybridized carbons (Fsp3) is 0.167. The third-order valence-corrected chi connectivity index (χ3v) is 3.69. The fourth-order valence-electron chi connectivity index (χ4n) is 2.41. The molecule has 2 aromatic carbocycles. The van der Waals surface area contributed by atoms with Gasteiger partial charge in [0.05, 0.1) is 11.1 Å². The largest absolute Gasteiger partial charge is 0.460 e. The van der Waals surface area contributed by atoms with E-state index in [9.17, 15) is 14.4 Å². The maximum absolute atomic E-state index is 12.2. The molecule has 1 atom stereocenters. The quantitative estimate of drug-likeness (QED) is 0.672. The number of fused-ring (bicyclic) bond motifs is 1. The second-order valence-corrected chi connectivity index (χ2v) is 5.44. The number of hydrogen-bond acceptors (Lipinski definition) is 5. The molecule has 2 amide bonds. The molecular weight excluding hydrogens is 308 g/mol. The summed E-state index contributed by atoms with van der Waals surface area (Å²) in [6.45, 7) is 1.67. The standard InChI is InChI=1S/C18H16N2O4/c1-12(18(23)24-11-13-7-3-2-4-8-13)19-20-16(21)14-9-5-6-10-15(14)17(20)22/h2-10,12,19H,11H2,1H3/t12-/m0/s1. The number of nitrogens with zero attached hydrogens (tertiary/aromatic N) is 1. The average molecular weight is 324 g/mol. The number of amides is 2. The van der Waals surface area contributed by atoms with Gasteiger partial charge in [0.15, 0.2) is 0 Å². The van der Waals surface area contributed by atoms with E-state index < -0.39 is 23.8 Å². The van der Waals surface area contributed by atoms with Crippen molar-refractivity contribution in [3.8, 4) is 0 Å². The molecule has 122 valence electrons. The van der Waals surface area contributed by atoms with Crippen molar-refractivity contribution in [2.75, 3.05) is 0 Å². The van der Waals surface area contributed by atoms with Crippen LogP contribution in [0.3, 0.4) is 0 Å². The van der Waals surface area contributed by atoms with Gasteiger partial charge < -0.3 is 4.74 Å². The third-order valence-electron chi connectivity index (χ3n) is 3.69. The van der Waals surface area contributed by atoms with E-state index in [0.717, 1.165) is 10.6 Å². The zero-order valence-electron chi connectivity index (χ0n) is 13.1. The van der Waals surface area contributed by atoms with Crippen LogP contribution in [0.5, 0.6) is 0 Å². The van der Waals surface area contributed by atoms with Crippen LogP contribution >= 0.6 is 0 Å². The van der Waals surface area contributed by atoms with Crippen LogP contribution in [0.2, 0.25) is 0 Å². The molecule has 0 unspecified atom stereocenters. The number of hydrogen-bond donors (Lipinski definition) is 1. The number of esters is 1. The molecule has 1 N–H and O–H groups in total. The number of benzene rings is 2. The van der Waals surface area contributed by atoms with Crippen LogP contribution in [0.4, 0.5) is 0 Å². The Morgan fingerprint density at radius 1 is 1.00 bits per heavy atom. The lowest BCUT2D eigenvalue weighted by molar-refractivity contribution is -0.147. The number of carbonyl (C=O) groups excluding carboxylic acids is 3. The van der Waals surface area contributed by atoms with E-state index in [1.807, 2.05) is 30.3 Å². The first-order valence-electron chi connectivity index (χ1n) is 7.52. The molecule has 0 radical (unpaired) electrons. The molecule has 1 aliphatic rings. The summed E-state index contributed by atoms with van der Waals surface area (Å²) in [6, 6.07) is 15.0. The Bertz CT molecular complexity index is 754. The summed E-state index contributed by atoms with van der Waals surface area (Å²) in [5, 5.41) is 0.860. The van der Waals surface area contributed by atoms with Gasteiger partial charge in [-0.25, -0.2) is 10.4 Å². The van der Waals surface area contributed by atoms with Crippen molar-refractivity contribution < 1.29 is 19.1 Å². The molecule has 24 heavy (non-hydrogen) atoms. The lowest BCUT2D eigenvalue weighted by Crippen LogP contribution is -2.50. The SMILES string of the molecule is C[C@H](NN1C(=O)c2ccccc2C1=O)C(=O)OCc1ccccc1. The van der Waals surface area contributed by atoms with Gasteiger partial charge in [0.1, 0.15) is 12.6 Å². The van der Waals surface area contributed by atoms with E-state index in [1.54, 1.807) is 24.3 Å².